The van der Waals surface area contributed by atoms with Crippen LogP contribution in [0.1, 0.15) is 5.56 Å². The minimum Gasteiger partial charge on any atom is -0.548 e. The van der Waals surface area contributed by atoms with Gasteiger partial charge in [0.2, 0.25) is 10.0 Å². The zero-order valence-corrected chi connectivity index (χ0v) is 16.4. The zero-order chi connectivity index (χ0) is 20.7. The molecule has 0 unspecified atom stereocenters. The number of nitrogens with one attached hydrogen (secondary N) is 1. The lowest BCUT2D eigenvalue weighted by Gasteiger charge is -2.22. The van der Waals surface area contributed by atoms with Gasteiger partial charge in [0, 0.05) is 0 Å². The Bertz CT molecular complexity index is 942. The molecule has 0 saturated carbocycles. The summed E-state index contributed by atoms with van der Waals surface area (Å²) in [4.78, 5) is 11.4. The molecule has 1 aliphatic heterocycles. The number of aliphatic carboxylic acids is 1. The van der Waals surface area contributed by atoms with E-state index in [1.807, 2.05) is 0 Å². The number of sulfonamides is 1. The lowest BCUT2D eigenvalue weighted by molar-refractivity contribution is -0.307. The highest BCUT2D eigenvalue weighted by Gasteiger charge is 2.21. The summed E-state index contributed by atoms with van der Waals surface area (Å²) in [5.74, 6) is -1.49. The first kappa shape index (κ1) is 20.9. The van der Waals surface area contributed by atoms with Gasteiger partial charge in [0.15, 0.2) is 0 Å². The van der Waals surface area contributed by atoms with Crippen molar-refractivity contribution >= 4 is 21.7 Å². The number of carboxylic acid groups (broad SMARTS) is 1. The van der Waals surface area contributed by atoms with E-state index in [1.54, 1.807) is 35.3 Å². The Kier molecular flexibility index (Phi) is 6.91. The zero-order valence-electron chi connectivity index (χ0n) is 15.6. The van der Waals surface area contributed by atoms with Crippen LogP contribution < -0.4 is 9.83 Å². The summed E-state index contributed by atoms with van der Waals surface area (Å²) in [5, 5.41) is 21.4. The molecule has 1 atom stereocenters. The standard InChI is InChI=1S/C19H22N4O5S/c24-19(25)18(14-15-4-2-1-3-5-15)21-29(26,27)17-8-6-16(7-9-17)20-22-23-10-12-28-13-11-23/h1-9,18,21H,10-14H2,(H,24,25)/p-1/t18-/m0/s1. The van der Waals surface area contributed by atoms with Crippen molar-refractivity contribution in [1.29, 1.82) is 0 Å². The molecule has 0 bridgehead atoms. The van der Waals surface area contributed by atoms with Crippen molar-refractivity contribution in [1.82, 2.24) is 9.73 Å². The summed E-state index contributed by atoms with van der Waals surface area (Å²) in [6.45, 7) is 2.47. The van der Waals surface area contributed by atoms with E-state index in [0.717, 1.165) is 0 Å². The first-order valence-electron chi connectivity index (χ1n) is 9.05. The second kappa shape index (κ2) is 9.59. The van der Waals surface area contributed by atoms with Crippen LogP contribution in [0.5, 0.6) is 0 Å². The minimum absolute atomic E-state index is 0.0196. The number of hydrogen-bond acceptors (Lipinski definition) is 7. The number of carbonyl (C=O) groups is 1. The van der Waals surface area contributed by atoms with Gasteiger partial charge in [-0.1, -0.05) is 35.6 Å². The van der Waals surface area contributed by atoms with E-state index in [9.17, 15) is 18.3 Å². The van der Waals surface area contributed by atoms with Gasteiger partial charge in [0.1, 0.15) is 0 Å². The van der Waals surface area contributed by atoms with Crippen LogP contribution in [0.15, 0.2) is 69.8 Å². The SMILES string of the molecule is O=C([O-])[C@H](Cc1ccccc1)NS(=O)(=O)c1ccc(N=NN2CCOCC2)cc1. The van der Waals surface area contributed by atoms with Gasteiger partial charge in [-0.2, -0.15) is 0 Å². The smallest absolute Gasteiger partial charge is 0.241 e. The van der Waals surface area contributed by atoms with Crippen LogP contribution in [-0.4, -0.2) is 51.7 Å². The maximum atomic E-state index is 12.6. The Morgan fingerprint density at radius 1 is 1.10 bits per heavy atom. The lowest BCUT2D eigenvalue weighted by atomic mass is 10.1. The normalized spacial score (nSPS) is 16.1. The van der Waals surface area contributed by atoms with Crippen LogP contribution in [0.25, 0.3) is 0 Å². The molecule has 0 aliphatic carbocycles. The van der Waals surface area contributed by atoms with Crippen LogP contribution in [0, 0.1) is 0 Å². The summed E-state index contributed by atoms with van der Waals surface area (Å²) < 4.78 is 32.6. The van der Waals surface area contributed by atoms with Crippen LogP contribution in [0.2, 0.25) is 0 Å². The van der Waals surface area contributed by atoms with Gasteiger partial charge in [-0.3, -0.25) is 5.01 Å². The Labute approximate surface area is 169 Å². The fraction of sp³-hybridized carbons (Fsp3) is 0.316. The number of hydrogen-bond donors (Lipinski definition) is 1. The third-order valence-corrected chi connectivity index (χ3v) is 5.77. The second-order valence-corrected chi connectivity index (χ2v) is 8.15. The average Bonchev–Trinajstić information content (AvgIpc) is 2.73. The molecule has 154 valence electrons. The molecule has 0 spiro atoms. The van der Waals surface area contributed by atoms with E-state index < -0.39 is 22.0 Å². The molecule has 0 amide bonds. The highest BCUT2D eigenvalue weighted by Crippen LogP contribution is 2.18. The van der Waals surface area contributed by atoms with Gasteiger partial charge in [0.05, 0.1) is 48.9 Å². The Balaban J connectivity index is 1.67. The maximum Gasteiger partial charge on any atom is 0.241 e. The Morgan fingerprint density at radius 3 is 2.38 bits per heavy atom. The molecule has 1 N–H and O–H groups in total. The average molecular weight is 417 g/mol. The molecular weight excluding hydrogens is 396 g/mol. The summed E-state index contributed by atoms with van der Waals surface area (Å²) in [6, 6.07) is 13.1. The molecule has 0 radical (unpaired) electrons. The molecule has 1 heterocycles. The number of nitrogens with zero attached hydrogens (tertiary/aromatic N) is 3. The van der Waals surface area contributed by atoms with Crippen molar-refractivity contribution < 1.29 is 23.1 Å². The predicted octanol–water partition coefficient (Wildman–Crippen LogP) is 0.657. The monoisotopic (exact) mass is 417 g/mol. The number of carboxylic acids is 1. The Morgan fingerprint density at radius 2 is 1.76 bits per heavy atom. The third kappa shape index (κ3) is 6.08. The molecule has 3 rings (SSSR count). The largest absolute Gasteiger partial charge is 0.548 e. The van der Waals surface area contributed by atoms with Crippen molar-refractivity contribution in [3.8, 4) is 0 Å². The van der Waals surface area contributed by atoms with E-state index in [0.29, 0.717) is 37.6 Å². The topological polar surface area (TPSA) is 123 Å². The third-order valence-electron chi connectivity index (χ3n) is 4.29. The van der Waals surface area contributed by atoms with Crippen LogP contribution in [-0.2, 0) is 26.0 Å². The van der Waals surface area contributed by atoms with Gasteiger partial charge in [0.25, 0.3) is 0 Å². The van der Waals surface area contributed by atoms with Crippen LogP contribution in [0.3, 0.4) is 0 Å². The number of ether oxygens (including phenoxy) is 1. The molecule has 0 aromatic heterocycles. The highest BCUT2D eigenvalue weighted by molar-refractivity contribution is 7.89. The van der Waals surface area contributed by atoms with Crippen molar-refractivity contribution in [2.75, 3.05) is 26.3 Å². The number of carbonyl (C=O) groups excluding carboxylic acids is 1. The molecule has 2 aromatic rings. The number of rotatable bonds is 8. The van der Waals surface area contributed by atoms with Crippen molar-refractivity contribution in [3.63, 3.8) is 0 Å². The van der Waals surface area contributed by atoms with E-state index >= 15 is 0 Å². The van der Waals surface area contributed by atoms with E-state index in [-0.39, 0.29) is 11.3 Å². The molecule has 2 aromatic carbocycles. The number of morpholine rings is 1. The summed E-state index contributed by atoms with van der Waals surface area (Å²) in [7, 11) is -4.05. The molecule has 1 saturated heterocycles. The van der Waals surface area contributed by atoms with Gasteiger partial charge >= 0.3 is 0 Å². The molecule has 1 fully saturated rings. The van der Waals surface area contributed by atoms with Crippen molar-refractivity contribution in [2.45, 2.75) is 17.4 Å². The highest BCUT2D eigenvalue weighted by atomic mass is 32.2. The first-order valence-corrected chi connectivity index (χ1v) is 10.5. The van der Waals surface area contributed by atoms with E-state index in [2.05, 4.69) is 15.1 Å². The van der Waals surface area contributed by atoms with Gasteiger partial charge < -0.3 is 14.6 Å². The quantitative estimate of drug-likeness (QED) is 0.629. The summed E-state index contributed by atoms with van der Waals surface area (Å²) >= 11 is 0. The predicted molar refractivity (Wildman–Crippen MR) is 103 cm³/mol. The molecule has 10 heteroatoms. The summed E-state index contributed by atoms with van der Waals surface area (Å²) in [5.41, 5.74) is 1.17. The Hall–Kier alpha value is -2.82. The molecule has 29 heavy (non-hydrogen) atoms. The van der Waals surface area contributed by atoms with Crippen LogP contribution in [0.4, 0.5) is 5.69 Å². The van der Waals surface area contributed by atoms with Crippen molar-refractivity contribution in [3.05, 3.63) is 60.2 Å². The molecule has 1 aliphatic rings. The lowest BCUT2D eigenvalue weighted by Crippen LogP contribution is -2.49. The fourth-order valence-corrected chi connectivity index (χ4v) is 3.91. The fourth-order valence-electron chi connectivity index (χ4n) is 2.73. The van der Waals surface area contributed by atoms with Gasteiger partial charge in [-0.05, 0) is 36.2 Å². The maximum absolute atomic E-state index is 12.6. The number of benzene rings is 2. The second-order valence-electron chi connectivity index (χ2n) is 6.43. The van der Waals surface area contributed by atoms with Gasteiger partial charge in [-0.15, -0.1) is 5.11 Å². The van der Waals surface area contributed by atoms with Gasteiger partial charge in [-0.25, -0.2) is 13.1 Å². The summed E-state index contributed by atoms with van der Waals surface area (Å²) in [6.07, 6.45) is -0.0196. The molecular formula is C19H21N4O5S-. The first-order chi connectivity index (χ1) is 13.9. The van der Waals surface area contributed by atoms with Crippen LogP contribution >= 0.6 is 0 Å². The minimum atomic E-state index is -4.05. The van der Waals surface area contributed by atoms with E-state index in [4.69, 9.17) is 4.74 Å². The molecule has 9 nitrogen and oxygen atoms in total. The van der Waals surface area contributed by atoms with Crippen molar-refractivity contribution in [2.24, 2.45) is 10.3 Å². The van der Waals surface area contributed by atoms with E-state index in [1.165, 1.54) is 24.3 Å².